The molecule has 0 bridgehead atoms. The molecule has 0 N–H and O–H groups in total. The Balaban J connectivity index is 1.43. The number of benzene rings is 2. The van der Waals surface area contributed by atoms with Gasteiger partial charge in [0.15, 0.2) is 0 Å². The summed E-state index contributed by atoms with van der Waals surface area (Å²) in [5.74, 6) is -0.783. The van der Waals surface area contributed by atoms with Crippen molar-refractivity contribution in [3.05, 3.63) is 77.6 Å². The van der Waals surface area contributed by atoms with Crippen molar-refractivity contribution >= 4 is 28.5 Å². The highest BCUT2D eigenvalue weighted by atomic mass is 16.2. The molecule has 0 saturated heterocycles. The second-order valence-electron chi connectivity index (χ2n) is 7.14. The van der Waals surface area contributed by atoms with Crippen LogP contribution in [0.2, 0.25) is 0 Å². The van der Waals surface area contributed by atoms with Gasteiger partial charge in [0, 0.05) is 55.5 Å². The van der Waals surface area contributed by atoms with Crippen molar-refractivity contribution in [3.63, 3.8) is 0 Å². The highest BCUT2D eigenvalue weighted by Crippen LogP contribution is 2.29. The van der Waals surface area contributed by atoms with E-state index in [0.29, 0.717) is 23.1 Å². The first-order chi connectivity index (χ1) is 14.1. The summed E-state index contributed by atoms with van der Waals surface area (Å²) in [6.45, 7) is 0.633. The summed E-state index contributed by atoms with van der Waals surface area (Å²) in [5, 5.41) is 1.57. The van der Waals surface area contributed by atoms with Gasteiger partial charge < -0.3 is 4.90 Å². The molecule has 6 nitrogen and oxygen atoms in total. The molecule has 29 heavy (non-hydrogen) atoms. The summed E-state index contributed by atoms with van der Waals surface area (Å²) in [4.78, 5) is 45.1. The molecule has 0 saturated carbocycles. The lowest BCUT2D eigenvalue weighted by atomic mass is 9.94. The average Bonchev–Trinajstić information content (AvgIpc) is 2.76. The van der Waals surface area contributed by atoms with Gasteiger partial charge in [0.25, 0.3) is 11.8 Å². The van der Waals surface area contributed by atoms with E-state index in [0.717, 1.165) is 17.4 Å². The topological polar surface area (TPSA) is 70.6 Å². The molecular formula is C23H21N3O3. The van der Waals surface area contributed by atoms with E-state index in [1.807, 2.05) is 36.4 Å². The first-order valence-corrected chi connectivity index (χ1v) is 9.57. The molecule has 2 aromatic carbocycles. The van der Waals surface area contributed by atoms with E-state index >= 15 is 0 Å². The number of likely N-dealkylation sites (N-methyl/N-ethyl adjacent to an activating group) is 1. The zero-order valence-electron chi connectivity index (χ0n) is 16.2. The van der Waals surface area contributed by atoms with Gasteiger partial charge in [-0.05, 0) is 41.6 Å². The van der Waals surface area contributed by atoms with Gasteiger partial charge in [0.1, 0.15) is 0 Å². The highest BCUT2D eigenvalue weighted by molar-refractivity contribution is 6.25. The zero-order chi connectivity index (χ0) is 20.4. The van der Waals surface area contributed by atoms with Gasteiger partial charge in [-0.15, -0.1) is 0 Å². The Bertz CT molecular complexity index is 1040. The number of aromatic nitrogens is 1. The Labute approximate surface area is 168 Å². The van der Waals surface area contributed by atoms with Crippen LogP contribution in [0, 0.1) is 0 Å². The largest absolute Gasteiger partial charge is 0.345 e. The van der Waals surface area contributed by atoms with Crippen LogP contribution >= 0.6 is 0 Å². The van der Waals surface area contributed by atoms with Crippen molar-refractivity contribution in [2.45, 2.75) is 12.8 Å². The first-order valence-electron chi connectivity index (χ1n) is 9.57. The molecule has 0 atom stereocenters. The minimum Gasteiger partial charge on any atom is -0.345 e. The van der Waals surface area contributed by atoms with Crippen molar-refractivity contribution in [2.24, 2.45) is 0 Å². The van der Waals surface area contributed by atoms with Crippen LogP contribution in [0.4, 0.5) is 0 Å². The second-order valence-corrected chi connectivity index (χ2v) is 7.14. The molecule has 0 radical (unpaired) electrons. The number of amides is 3. The third kappa shape index (κ3) is 3.61. The van der Waals surface area contributed by atoms with Crippen LogP contribution in [0.5, 0.6) is 0 Å². The monoisotopic (exact) mass is 387 g/mol. The lowest BCUT2D eigenvalue weighted by molar-refractivity contribution is -0.129. The number of rotatable bonds is 6. The number of carbonyl (C=O) groups excluding carboxylic acids is 3. The molecule has 4 rings (SSSR count). The first kappa shape index (κ1) is 18.8. The minimum atomic E-state index is -0.341. The van der Waals surface area contributed by atoms with Crippen LogP contribution in [-0.4, -0.2) is 52.6 Å². The van der Waals surface area contributed by atoms with Gasteiger partial charge in [-0.25, -0.2) is 0 Å². The summed E-state index contributed by atoms with van der Waals surface area (Å²) in [5.41, 5.74) is 2.12. The fourth-order valence-electron chi connectivity index (χ4n) is 3.65. The smallest absolute Gasteiger partial charge is 0.261 e. The Kier molecular flexibility index (Phi) is 5.08. The van der Waals surface area contributed by atoms with E-state index in [1.165, 1.54) is 4.90 Å². The van der Waals surface area contributed by atoms with E-state index in [2.05, 4.69) is 4.98 Å². The molecular weight excluding hydrogens is 366 g/mol. The summed E-state index contributed by atoms with van der Waals surface area (Å²) < 4.78 is 0. The maximum absolute atomic E-state index is 12.9. The predicted molar refractivity (Wildman–Crippen MR) is 110 cm³/mol. The van der Waals surface area contributed by atoms with Gasteiger partial charge in [0.05, 0.1) is 0 Å². The lowest BCUT2D eigenvalue weighted by Gasteiger charge is -2.27. The van der Waals surface area contributed by atoms with Crippen LogP contribution in [0.25, 0.3) is 10.8 Å². The Morgan fingerprint density at radius 2 is 1.59 bits per heavy atom. The average molecular weight is 387 g/mol. The molecule has 0 fully saturated rings. The lowest BCUT2D eigenvalue weighted by Crippen LogP contribution is -2.42. The zero-order valence-corrected chi connectivity index (χ0v) is 16.2. The molecule has 0 unspecified atom stereocenters. The number of carbonyl (C=O) groups is 3. The maximum atomic E-state index is 12.9. The quantitative estimate of drug-likeness (QED) is 0.610. The molecule has 2 heterocycles. The van der Waals surface area contributed by atoms with Gasteiger partial charge in [0.2, 0.25) is 5.91 Å². The highest BCUT2D eigenvalue weighted by Gasteiger charge is 2.32. The van der Waals surface area contributed by atoms with E-state index in [-0.39, 0.29) is 30.7 Å². The second kappa shape index (κ2) is 7.83. The molecule has 1 aliphatic heterocycles. The number of imide groups is 1. The summed E-state index contributed by atoms with van der Waals surface area (Å²) in [6, 6.07) is 14.7. The van der Waals surface area contributed by atoms with E-state index in [9.17, 15) is 14.4 Å². The Morgan fingerprint density at radius 1 is 0.966 bits per heavy atom. The van der Waals surface area contributed by atoms with Gasteiger partial charge in [-0.2, -0.15) is 0 Å². The molecule has 6 heteroatoms. The normalized spacial score (nSPS) is 13.1. The number of hydrogen-bond acceptors (Lipinski definition) is 4. The maximum Gasteiger partial charge on any atom is 0.261 e. The molecule has 1 aliphatic rings. The minimum absolute atomic E-state index is 0.0703. The fourth-order valence-corrected chi connectivity index (χ4v) is 3.65. The summed E-state index contributed by atoms with van der Waals surface area (Å²) >= 11 is 0. The standard InChI is InChI=1S/C23H21N3O3/c1-25(14-10-16-8-12-24-13-9-16)20(27)11-15-26-22(28)18-6-2-4-17-5-3-7-19(21(17)18)23(26)29/h2-9,12-13H,10-11,14-15H2,1H3. The third-order valence-corrected chi connectivity index (χ3v) is 5.32. The van der Waals surface area contributed by atoms with E-state index in [4.69, 9.17) is 0 Å². The van der Waals surface area contributed by atoms with E-state index in [1.54, 1.807) is 36.5 Å². The van der Waals surface area contributed by atoms with Gasteiger partial charge in [-0.3, -0.25) is 24.3 Å². The van der Waals surface area contributed by atoms with Crippen molar-refractivity contribution in [1.82, 2.24) is 14.8 Å². The van der Waals surface area contributed by atoms with Crippen LogP contribution in [0.3, 0.4) is 0 Å². The van der Waals surface area contributed by atoms with Crippen LogP contribution in [-0.2, 0) is 11.2 Å². The summed E-state index contributed by atoms with van der Waals surface area (Å²) in [7, 11) is 1.74. The molecule has 1 aromatic heterocycles. The number of hydrogen-bond donors (Lipinski definition) is 0. The molecule has 3 aromatic rings. The number of pyridine rings is 1. The third-order valence-electron chi connectivity index (χ3n) is 5.32. The Hall–Kier alpha value is -3.54. The van der Waals surface area contributed by atoms with Crippen LogP contribution in [0.15, 0.2) is 60.9 Å². The molecule has 0 aliphatic carbocycles. The molecule has 146 valence electrons. The van der Waals surface area contributed by atoms with Crippen molar-refractivity contribution in [1.29, 1.82) is 0 Å². The SMILES string of the molecule is CN(CCc1ccncc1)C(=O)CCN1C(=O)c2cccc3cccc(c23)C1=O. The van der Waals surface area contributed by atoms with Crippen molar-refractivity contribution < 1.29 is 14.4 Å². The molecule has 3 amide bonds. The molecule has 0 spiro atoms. The Morgan fingerprint density at radius 3 is 2.21 bits per heavy atom. The van der Waals surface area contributed by atoms with Crippen LogP contribution in [0.1, 0.15) is 32.7 Å². The van der Waals surface area contributed by atoms with Gasteiger partial charge in [-0.1, -0.05) is 24.3 Å². The fraction of sp³-hybridized carbons (Fsp3) is 0.217. The number of nitrogens with zero attached hydrogens (tertiary/aromatic N) is 3. The van der Waals surface area contributed by atoms with Crippen molar-refractivity contribution in [3.8, 4) is 0 Å². The summed E-state index contributed by atoms with van der Waals surface area (Å²) in [6.07, 6.45) is 4.27. The van der Waals surface area contributed by atoms with Crippen molar-refractivity contribution in [2.75, 3.05) is 20.1 Å². The predicted octanol–water partition coefficient (Wildman–Crippen LogP) is 2.92. The van der Waals surface area contributed by atoms with E-state index < -0.39 is 0 Å². The van der Waals surface area contributed by atoms with Gasteiger partial charge >= 0.3 is 0 Å². The van der Waals surface area contributed by atoms with Crippen LogP contribution < -0.4 is 0 Å².